The van der Waals surface area contributed by atoms with Gasteiger partial charge < -0.3 is 34.5 Å². The number of thiocarbonyl (C=S) groups is 1. The SMILES string of the molecule is COc1ccc(C2CN(C(=S)NC(C)C)CC2C(=O)NCc2ccc3c(c2)OCO3)c(OC)c1. The quantitative estimate of drug-likeness (QED) is 0.580. The molecule has 2 aromatic rings. The lowest BCUT2D eigenvalue weighted by molar-refractivity contribution is -0.125. The van der Waals surface area contributed by atoms with Crippen LogP contribution >= 0.6 is 12.2 Å². The first-order valence-electron chi connectivity index (χ1n) is 11.3. The van der Waals surface area contributed by atoms with E-state index in [9.17, 15) is 4.79 Å². The highest BCUT2D eigenvalue weighted by molar-refractivity contribution is 7.80. The second-order valence-corrected chi connectivity index (χ2v) is 9.12. The summed E-state index contributed by atoms with van der Waals surface area (Å²) >= 11 is 5.63. The van der Waals surface area contributed by atoms with Crippen LogP contribution in [0.15, 0.2) is 36.4 Å². The maximum atomic E-state index is 13.4. The first kappa shape index (κ1) is 23.9. The molecule has 182 valence electrons. The van der Waals surface area contributed by atoms with Crippen LogP contribution in [0.5, 0.6) is 23.0 Å². The molecule has 2 atom stereocenters. The predicted molar refractivity (Wildman–Crippen MR) is 133 cm³/mol. The zero-order chi connectivity index (χ0) is 24.2. The van der Waals surface area contributed by atoms with E-state index in [1.54, 1.807) is 14.2 Å². The third kappa shape index (κ3) is 5.14. The number of amides is 1. The fourth-order valence-corrected chi connectivity index (χ4v) is 4.77. The van der Waals surface area contributed by atoms with Gasteiger partial charge in [0.05, 0.1) is 20.1 Å². The van der Waals surface area contributed by atoms with E-state index in [-0.39, 0.29) is 30.6 Å². The minimum Gasteiger partial charge on any atom is -0.497 e. The van der Waals surface area contributed by atoms with E-state index in [0.29, 0.717) is 42.0 Å². The predicted octanol–water partition coefficient (Wildman–Crippen LogP) is 3.05. The third-order valence-corrected chi connectivity index (χ3v) is 6.48. The summed E-state index contributed by atoms with van der Waals surface area (Å²) in [6.45, 7) is 5.84. The van der Waals surface area contributed by atoms with Crippen molar-refractivity contribution in [3.63, 3.8) is 0 Å². The van der Waals surface area contributed by atoms with Gasteiger partial charge in [-0.25, -0.2) is 0 Å². The van der Waals surface area contributed by atoms with Gasteiger partial charge in [-0.15, -0.1) is 0 Å². The number of hydrogen-bond acceptors (Lipinski definition) is 6. The molecule has 2 aromatic carbocycles. The Morgan fingerprint density at radius 3 is 2.65 bits per heavy atom. The smallest absolute Gasteiger partial charge is 0.231 e. The van der Waals surface area contributed by atoms with Gasteiger partial charge in [0.25, 0.3) is 0 Å². The van der Waals surface area contributed by atoms with Crippen LogP contribution < -0.4 is 29.6 Å². The molecule has 2 N–H and O–H groups in total. The van der Waals surface area contributed by atoms with Crippen molar-refractivity contribution in [3.05, 3.63) is 47.5 Å². The first-order valence-corrected chi connectivity index (χ1v) is 11.7. The Kier molecular flexibility index (Phi) is 7.31. The van der Waals surface area contributed by atoms with Gasteiger partial charge in [-0.2, -0.15) is 0 Å². The number of methoxy groups -OCH3 is 2. The summed E-state index contributed by atoms with van der Waals surface area (Å²) in [5.74, 6) is 2.39. The van der Waals surface area contributed by atoms with Crippen LogP contribution in [-0.4, -0.2) is 56.1 Å². The normalized spacial score (nSPS) is 18.7. The molecule has 2 aliphatic rings. The summed E-state index contributed by atoms with van der Waals surface area (Å²) in [7, 11) is 3.25. The number of carbonyl (C=O) groups excluding carboxylic acids is 1. The van der Waals surface area contributed by atoms with E-state index in [1.807, 2.05) is 50.2 Å². The van der Waals surface area contributed by atoms with Crippen LogP contribution in [-0.2, 0) is 11.3 Å². The van der Waals surface area contributed by atoms with Crippen molar-refractivity contribution in [2.75, 3.05) is 34.1 Å². The summed E-state index contributed by atoms with van der Waals surface area (Å²) in [5.41, 5.74) is 1.91. The second kappa shape index (κ2) is 10.4. The molecule has 8 nitrogen and oxygen atoms in total. The number of fused-ring (bicyclic) bond motifs is 1. The molecule has 0 spiro atoms. The Morgan fingerprint density at radius 2 is 1.91 bits per heavy atom. The van der Waals surface area contributed by atoms with Crippen LogP contribution in [0.1, 0.15) is 30.9 Å². The van der Waals surface area contributed by atoms with Gasteiger partial charge in [-0.1, -0.05) is 12.1 Å². The van der Waals surface area contributed by atoms with Gasteiger partial charge in [-0.3, -0.25) is 4.79 Å². The highest BCUT2D eigenvalue weighted by Gasteiger charge is 2.40. The molecule has 2 heterocycles. The minimum absolute atomic E-state index is 0.0321. The minimum atomic E-state index is -0.303. The van der Waals surface area contributed by atoms with Crippen molar-refractivity contribution in [2.45, 2.75) is 32.4 Å². The maximum Gasteiger partial charge on any atom is 0.231 e. The first-order chi connectivity index (χ1) is 16.4. The van der Waals surface area contributed by atoms with Crippen LogP contribution in [0.25, 0.3) is 0 Å². The standard InChI is InChI=1S/C25H31N3O5S/c1-15(2)27-25(34)28-12-19(18-7-6-17(30-3)10-22(18)31-4)20(13-28)24(29)26-11-16-5-8-21-23(9-16)33-14-32-21/h5-10,15,19-20H,11-14H2,1-4H3,(H,26,29)(H,27,34). The molecule has 1 fully saturated rings. The zero-order valence-electron chi connectivity index (χ0n) is 19.9. The van der Waals surface area contributed by atoms with Crippen molar-refractivity contribution >= 4 is 23.2 Å². The van der Waals surface area contributed by atoms with Crippen molar-refractivity contribution < 1.29 is 23.7 Å². The van der Waals surface area contributed by atoms with E-state index in [1.165, 1.54) is 0 Å². The van der Waals surface area contributed by atoms with Crippen LogP contribution in [0.4, 0.5) is 0 Å². The number of carbonyl (C=O) groups is 1. The lowest BCUT2D eigenvalue weighted by Gasteiger charge is -2.22. The number of nitrogens with one attached hydrogen (secondary N) is 2. The molecular formula is C25H31N3O5S. The number of rotatable bonds is 7. The highest BCUT2D eigenvalue weighted by atomic mass is 32.1. The maximum absolute atomic E-state index is 13.4. The van der Waals surface area contributed by atoms with Crippen LogP contribution in [0, 0.1) is 5.92 Å². The average Bonchev–Trinajstić information content (AvgIpc) is 3.48. The Morgan fingerprint density at radius 1 is 1.12 bits per heavy atom. The summed E-state index contributed by atoms with van der Waals surface area (Å²) in [5, 5.41) is 7.05. The lowest BCUT2D eigenvalue weighted by atomic mass is 9.87. The van der Waals surface area contributed by atoms with Crippen molar-refractivity contribution in [1.82, 2.24) is 15.5 Å². The van der Waals surface area contributed by atoms with Gasteiger partial charge in [0.15, 0.2) is 16.6 Å². The van der Waals surface area contributed by atoms with Gasteiger partial charge in [0.2, 0.25) is 12.7 Å². The molecule has 4 rings (SSSR count). The Bertz CT molecular complexity index is 1060. The fraction of sp³-hybridized carbons (Fsp3) is 0.440. The second-order valence-electron chi connectivity index (χ2n) is 8.74. The number of likely N-dealkylation sites (tertiary alicyclic amines) is 1. The molecule has 0 bridgehead atoms. The molecule has 34 heavy (non-hydrogen) atoms. The number of hydrogen-bond donors (Lipinski definition) is 2. The summed E-state index contributed by atoms with van der Waals surface area (Å²) in [6, 6.07) is 11.6. The summed E-state index contributed by atoms with van der Waals surface area (Å²) in [4.78, 5) is 15.5. The Labute approximate surface area is 205 Å². The van der Waals surface area contributed by atoms with Crippen LogP contribution in [0.3, 0.4) is 0 Å². The van der Waals surface area contributed by atoms with E-state index in [0.717, 1.165) is 16.9 Å². The monoisotopic (exact) mass is 485 g/mol. The highest BCUT2D eigenvalue weighted by Crippen LogP contribution is 2.39. The number of nitrogens with zero attached hydrogens (tertiary/aromatic N) is 1. The van der Waals surface area contributed by atoms with Gasteiger partial charge in [0.1, 0.15) is 11.5 Å². The van der Waals surface area contributed by atoms with Gasteiger partial charge in [-0.05, 0) is 49.8 Å². The van der Waals surface area contributed by atoms with Gasteiger partial charge in [0, 0.05) is 43.2 Å². The summed E-state index contributed by atoms with van der Waals surface area (Å²) in [6.07, 6.45) is 0. The Hall–Kier alpha value is -3.20. The molecule has 1 amide bonds. The van der Waals surface area contributed by atoms with E-state index in [4.69, 9.17) is 31.2 Å². The van der Waals surface area contributed by atoms with Crippen LogP contribution in [0.2, 0.25) is 0 Å². The molecule has 2 aliphatic heterocycles. The molecular weight excluding hydrogens is 454 g/mol. The topological polar surface area (TPSA) is 81.3 Å². The molecule has 9 heteroatoms. The summed E-state index contributed by atoms with van der Waals surface area (Å²) < 4.78 is 21.8. The fourth-order valence-electron chi connectivity index (χ4n) is 4.38. The van der Waals surface area contributed by atoms with Crippen molar-refractivity contribution in [2.24, 2.45) is 5.92 Å². The van der Waals surface area contributed by atoms with Crippen molar-refractivity contribution in [1.29, 1.82) is 0 Å². The molecule has 0 radical (unpaired) electrons. The molecule has 2 unspecified atom stereocenters. The molecule has 0 aromatic heterocycles. The van der Waals surface area contributed by atoms with E-state index >= 15 is 0 Å². The third-order valence-electron chi connectivity index (χ3n) is 6.10. The number of ether oxygens (including phenoxy) is 4. The largest absolute Gasteiger partial charge is 0.497 e. The molecule has 0 aliphatic carbocycles. The molecule has 1 saturated heterocycles. The molecule has 0 saturated carbocycles. The average molecular weight is 486 g/mol. The van der Waals surface area contributed by atoms with Crippen molar-refractivity contribution in [3.8, 4) is 23.0 Å². The number of benzene rings is 2. The zero-order valence-corrected chi connectivity index (χ0v) is 20.7. The van der Waals surface area contributed by atoms with Gasteiger partial charge >= 0.3 is 0 Å². The Balaban J connectivity index is 1.54. The van der Waals surface area contributed by atoms with E-state index in [2.05, 4.69) is 15.5 Å². The van der Waals surface area contributed by atoms with E-state index < -0.39 is 0 Å². The lowest BCUT2D eigenvalue weighted by Crippen LogP contribution is -2.42.